The molecule has 2 aromatic heterocycles. The highest BCUT2D eigenvalue weighted by atomic mass is 16.2. The first kappa shape index (κ1) is 16.7. The normalized spacial score (nSPS) is 10.5. The predicted octanol–water partition coefficient (Wildman–Crippen LogP) is 2.48. The number of hydrogen-bond donors (Lipinski definition) is 0. The number of rotatable bonds is 6. The Morgan fingerprint density at radius 1 is 1.00 bits per heavy atom. The lowest BCUT2D eigenvalue weighted by Gasteiger charge is -2.24. The summed E-state index contributed by atoms with van der Waals surface area (Å²) in [6, 6.07) is 15.5. The van der Waals surface area contributed by atoms with E-state index in [9.17, 15) is 4.79 Å². The Kier molecular flexibility index (Phi) is 5.09. The monoisotopic (exact) mass is 335 g/mol. The summed E-state index contributed by atoms with van der Waals surface area (Å²) in [5.41, 5.74) is 1.66. The Morgan fingerprint density at radius 3 is 2.52 bits per heavy atom. The highest BCUT2D eigenvalue weighted by Gasteiger charge is 2.18. The fourth-order valence-corrected chi connectivity index (χ4v) is 2.56. The van der Waals surface area contributed by atoms with Gasteiger partial charge in [0.1, 0.15) is 0 Å². The molecule has 0 N–H and O–H groups in total. The molecule has 0 atom stereocenters. The van der Waals surface area contributed by atoms with Gasteiger partial charge >= 0.3 is 0 Å². The second kappa shape index (κ2) is 7.61. The molecule has 6 nitrogen and oxygen atoms in total. The van der Waals surface area contributed by atoms with Crippen molar-refractivity contribution in [1.82, 2.24) is 19.7 Å². The van der Waals surface area contributed by atoms with Crippen LogP contribution in [0.4, 0.5) is 5.69 Å². The number of carbonyl (C=O) groups is 1. The van der Waals surface area contributed by atoms with Crippen molar-refractivity contribution < 1.29 is 4.79 Å². The van der Waals surface area contributed by atoms with Crippen molar-refractivity contribution in [1.29, 1.82) is 0 Å². The van der Waals surface area contributed by atoms with Crippen molar-refractivity contribution in [2.45, 2.75) is 0 Å². The number of hydrogen-bond acceptors (Lipinski definition) is 4. The third-order valence-electron chi connectivity index (χ3n) is 4.05. The van der Waals surface area contributed by atoms with Crippen LogP contribution in [-0.4, -0.2) is 52.8 Å². The zero-order valence-corrected chi connectivity index (χ0v) is 14.4. The van der Waals surface area contributed by atoms with Crippen LogP contribution in [0, 0.1) is 0 Å². The molecule has 0 spiro atoms. The summed E-state index contributed by atoms with van der Waals surface area (Å²) in [7, 11) is 3.83. The number of anilines is 1. The van der Waals surface area contributed by atoms with Gasteiger partial charge in [-0.15, -0.1) is 0 Å². The summed E-state index contributed by atoms with van der Waals surface area (Å²) in [6.07, 6.45) is 5.11. The van der Waals surface area contributed by atoms with Crippen LogP contribution in [0.2, 0.25) is 0 Å². The maximum Gasteiger partial charge on any atom is 0.257 e. The molecule has 0 aliphatic rings. The van der Waals surface area contributed by atoms with E-state index >= 15 is 0 Å². The van der Waals surface area contributed by atoms with Crippen LogP contribution < -0.4 is 4.90 Å². The molecular weight excluding hydrogens is 314 g/mol. The number of carbonyl (C=O) groups excluding carboxylic acids is 1. The molecule has 0 saturated heterocycles. The molecule has 1 amide bonds. The smallest absolute Gasteiger partial charge is 0.257 e. The Morgan fingerprint density at radius 2 is 1.80 bits per heavy atom. The van der Waals surface area contributed by atoms with Gasteiger partial charge in [0.15, 0.2) is 5.82 Å². The van der Waals surface area contributed by atoms with Gasteiger partial charge in [-0.1, -0.05) is 18.2 Å². The number of likely N-dealkylation sites (N-methyl/N-ethyl adjacent to an activating group) is 2. The van der Waals surface area contributed by atoms with Gasteiger partial charge in [0.05, 0.1) is 5.56 Å². The van der Waals surface area contributed by atoms with Crippen molar-refractivity contribution >= 4 is 11.6 Å². The number of benzene rings is 1. The first-order chi connectivity index (χ1) is 12.2. The standard InChI is InChI=1S/C19H21N5O/c1-22(16-8-4-3-5-9-16)14-15-23(2)19(25)17-10-6-11-20-18(17)24-13-7-12-21-24/h3-13H,14-15H2,1-2H3. The maximum atomic E-state index is 12.8. The van der Waals surface area contributed by atoms with Crippen molar-refractivity contribution in [2.75, 3.05) is 32.1 Å². The van der Waals surface area contributed by atoms with Gasteiger partial charge < -0.3 is 9.80 Å². The minimum atomic E-state index is -0.0694. The minimum Gasteiger partial charge on any atom is -0.373 e. The Labute approximate surface area is 147 Å². The van der Waals surface area contributed by atoms with Gasteiger partial charge in [-0.05, 0) is 30.3 Å². The third kappa shape index (κ3) is 3.85. The molecule has 25 heavy (non-hydrogen) atoms. The van der Waals surface area contributed by atoms with Crippen LogP contribution in [0.1, 0.15) is 10.4 Å². The van der Waals surface area contributed by atoms with Gasteiger partial charge in [-0.2, -0.15) is 5.10 Å². The molecule has 128 valence electrons. The summed E-state index contributed by atoms with van der Waals surface area (Å²) < 4.78 is 1.61. The van der Waals surface area contributed by atoms with Crippen molar-refractivity contribution in [2.24, 2.45) is 0 Å². The van der Waals surface area contributed by atoms with E-state index in [0.717, 1.165) is 12.2 Å². The molecule has 0 fully saturated rings. The van der Waals surface area contributed by atoms with Crippen molar-refractivity contribution in [3.8, 4) is 5.82 Å². The molecule has 6 heteroatoms. The predicted molar refractivity (Wildman–Crippen MR) is 98.0 cm³/mol. The number of amides is 1. The minimum absolute atomic E-state index is 0.0694. The number of pyridine rings is 1. The van der Waals surface area contributed by atoms with E-state index in [1.54, 1.807) is 47.4 Å². The molecule has 0 bridgehead atoms. The number of nitrogens with zero attached hydrogens (tertiary/aromatic N) is 5. The van der Waals surface area contributed by atoms with Gasteiger partial charge in [0, 0.05) is 51.5 Å². The second-order valence-electron chi connectivity index (χ2n) is 5.81. The maximum absolute atomic E-state index is 12.8. The van der Waals surface area contributed by atoms with Gasteiger partial charge in [0.25, 0.3) is 5.91 Å². The summed E-state index contributed by atoms with van der Waals surface area (Å²) in [4.78, 5) is 21.0. The molecule has 0 aliphatic carbocycles. The molecule has 0 unspecified atom stereocenters. The van der Waals surface area contributed by atoms with Crippen LogP contribution in [0.25, 0.3) is 5.82 Å². The molecule has 0 saturated carbocycles. The summed E-state index contributed by atoms with van der Waals surface area (Å²) in [6.45, 7) is 1.35. The van der Waals surface area contributed by atoms with Gasteiger partial charge in [-0.3, -0.25) is 4.79 Å². The van der Waals surface area contributed by atoms with E-state index in [4.69, 9.17) is 0 Å². The average molecular weight is 335 g/mol. The molecule has 3 aromatic rings. The van der Waals surface area contributed by atoms with Gasteiger partial charge in [-0.25, -0.2) is 9.67 Å². The Balaban J connectivity index is 1.69. The van der Waals surface area contributed by atoms with Crippen LogP contribution in [0.5, 0.6) is 0 Å². The second-order valence-corrected chi connectivity index (χ2v) is 5.81. The van der Waals surface area contributed by atoms with Crippen molar-refractivity contribution in [3.63, 3.8) is 0 Å². The molecule has 0 radical (unpaired) electrons. The third-order valence-corrected chi connectivity index (χ3v) is 4.05. The summed E-state index contributed by atoms with van der Waals surface area (Å²) >= 11 is 0. The Hall–Kier alpha value is -3.15. The molecule has 3 rings (SSSR count). The fourth-order valence-electron chi connectivity index (χ4n) is 2.56. The van der Waals surface area contributed by atoms with Crippen LogP contribution in [-0.2, 0) is 0 Å². The quantitative estimate of drug-likeness (QED) is 0.694. The Bertz CT molecular complexity index is 817. The first-order valence-electron chi connectivity index (χ1n) is 8.13. The fraction of sp³-hybridized carbons (Fsp3) is 0.211. The highest BCUT2D eigenvalue weighted by Crippen LogP contribution is 2.14. The lowest BCUT2D eigenvalue weighted by molar-refractivity contribution is 0.0798. The van der Waals surface area contributed by atoms with Crippen LogP contribution in [0.15, 0.2) is 67.1 Å². The SMILES string of the molecule is CN(CCN(C)c1ccccc1)C(=O)c1cccnc1-n1cccn1. The van der Waals surface area contributed by atoms with Crippen LogP contribution in [0.3, 0.4) is 0 Å². The van der Waals surface area contributed by atoms with E-state index in [1.165, 1.54) is 0 Å². The zero-order chi connectivity index (χ0) is 17.6. The topological polar surface area (TPSA) is 54.3 Å². The lowest BCUT2D eigenvalue weighted by atomic mass is 10.2. The molecular formula is C19H21N5O. The largest absolute Gasteiger partial charge is 0.373 e. The van der Waals surface area contributed by atoms with Crippen LogP contribution >= 0.6 is 0 Å². The average Bonchev–Trinajstić information content (AvgIpc) is 3.20. The van der Waals surface area contributed by atoms with E-state index in [0.29, 0.717) is 17.9 Å². The lowest BCUT2D eigenvalue weighted by Crippen LogP contribution is -2.35. The number of aromatic nitrogens is 3. The van der Waals surface area contributed by atoms with Gasteiger partial charge in [0.2, 0.25) is 0 Å². The number of para-hydroxylation sites is 1. The van der Waals surface area contributed by atoms with E-state index < -0.39 is 0 Å². The highest BCUT2D eigenvalue weighted by molar-refractivity contribution is 5.96. The van der Waals surface area contributed by atoms with E-state index in [-0.39, 0.29) is 5.91 Å². The molecule has 0 aliphatic heterocycles. The van der Waals surface area contributed by atoms with Crippen molar-refractivity contribution in [3.05, 3.63) is 72.7 Å². The zero-order valence-electron chi connectivity index (χ0n) is 14.4. The van der Waals surface area contributed by atoms with E-state index in [1.807, 2.05) is 31.3 Å². The summed E-state index contributed by atoms with van der Waals surface area (Å²) in [5.74, 6) is 0.473. The molecule has 1 aromatic carbocycles. The summed E-state index contributed by atoms with van der Waals surface area (Å²) in [5, 5.41) is 4.18. The van der Waals surface area contributed by atoms with E-state index in [2.05, 4.69) is 27.1 Å². The first-order valence-corrected chi connectivity index (χ1v) is 8.13. The molecule has 2 heterocycles.